The van der Waals surface area contributed by atoms with Crippen molar-refractivity contribution in [2.75, 3.05) is 26.4 Å². The molecule has 4 atom stereocenters. The number of benzene rings is 2. The van der Waals surface area contributed by atoms with Crippen LogP contribution in [0.15, 0.2) is 98.8 Å². The molecule has 7 rings (SSSR count). The fourth-order valence-electron chi connectivity index (χ4n) is 5.63. The molecular formula is C38H45N5O4. The monoisotopic (exact) mass is 635 g/mol. The molecule has 0 fully saturated rings. The van der Waals surface area contributed by atoms with Crippen molar-refractivity contribution in [3.8, 4) is 0 Å². The summed E-state index contributed by atoms with van der Waals surface area (Å²) in [5.74, 6) is 3.68. The molecule has 246 valence electrons. The van der Waals surface area contributed by atoms with E-state index in [0.717, 1.165) is 22.9 Å². The first-order valence-electron chi connectivity index (χ1n) is 16.6. The van der Waals surface area contributed by atoms with Crippen LogP contribution in [0.4, 0.5) is 0 Å². The molecule has 0 unspecified atom stereocenters. The molecule has 9 heteroatoms. The van der Waals surface area contributed by atoms with Crippen LogP contribution < -0.4 is 0 Å². The molecule has 3 aromatic rings. The third kappa shape index (κ3) is 7.39. The van der Waals surface area contributed by atoms with Crippen molar-refractivity contribution in [3.05, 3.63) is 101 Å². The first-order valence-corrected chi connectivity index (χ1v) is 16.6. The summed E-state index contributed by atoms with van der Waals surface area (Å²) in [6.07, 6.45) is 0. The molecule has 0 amide bonds. The van der Waals surface area contributed by atoms with E-state index in [1.807, 2.05) is 54.6 Å². The molecule has 0 aliphatic carbocycles. The van der Waals surface area contributed by atoms with Gasteiger partial charge >= 0.3 is 0 Å². The van der Waals surface area contributed by atoms with Crippen LogP contribution in [0.2, 0.25) is 0 Å². The number of aromatic nitrogens is 1. The predicted molar refractivity (Wildman–Crippen MR) is 185 cm³/mol. The molecule has 5 heterocycles. The molecule has 4 aliphatic rings. The highest BCUT2D eigenvalue weighted by Gasteiger charge is 2.42. The molecule has 1 aromatic heterocycles. The van der Waals surface area contributed by atoms with Crippen LogP contribution in [-0.4, -0.2) is 67.1 Å². The van der Waals surface area contributed by atoms with Crippen molar-refractivity contribution in [1.82, 2.24) is 4.98 Å². The third-order valence-electron chi connectivity index (χ3n) is 8.81. The van der Waals surface area contributed by atoms with Crippen molar-refractivity contribution in [3.63, 3.8) is 0 Å². The maximum atomic E-state index is 5.82. The SMILES string of the molecule is CC(C)[C@@H]1COC(C(C)(C)C2=N[C@H](C(C)C)CO2)=N1.c1ccc([C@H]2COC(c3cccc(C4=N[C@@H](c5ccccc5)CO4)n3)=N2)cc1. The standard InChI is InChI=1S/C23H19N3O2.C15H26N2O2/c1-3-8-16(9-4-1)20-14-27-22(25-20)18-12-7-13-19(24-18)23-26-21(15-28-23)17-10-5-2-6-11-17;1-9(2)11-7-18-13(16-11)15(5,6)14-17-12(8-19-14)10(3)4/h1-13,20-21H,14-15H2;9-12H,7-8H2,1-6H3/t20-,21-;11-,12-/m10/s1. The molecule has 9 nitrogen and oxygen atoms in total. The smallest absolute Gasteiger partial charge is 0.236 e. The first-order chi connectivity index (χ1) is 22.7. The van der Waals surface area contributed by atoms with Crippen LogP contribution in [0.3, 0.4) is 0 Å². The summed E-state index contributed by atoms with van der Waals surface area (Å²) in [6, 6.07) is 26.6. The molecule has 0 N–H and O–H groups in total. The normalized spacial score (nSPS) is 23.5. The van der Waals surface area contributed by atoms with E-state index < -0.39 is 0 Å². The third-order valence-corrected chi connectivity index (χ3v) is 8.81. The number of aliphatic imine (C=N–C) groups is 4. The predicted octanol–water partition coefficient (Wildman–Crippen LogP) is 7.04. The van der Waals surface area contributed by atoms with Crippen LogP contribution in [0, 0.1) is 17.3 Å². The van der Waals surface area contributed by atoms with Gasteiger partial charge in [-0.1, -0.05) is 94.4 Å². The number of ether oxygens (including phenoxy) is 4. The fourth-order valence-corrected chi connectivity index (χ4v) is 5.63. The van der Waals surface area contributed by atoms with E-state index in [4.69, 9.17) is 38.9 Å². The topological polar surface area (TPSA) is 99.2 Å². The Labute approximate surface area is 277 Å². The van der Waals surface area contributed by atoms with Gasteiger partial charge in [0, 0.05) is 0 Å². The van der Waals surface area contributed by atoms with Crippen LogP contribution >= 0.6 is 0 Å². The summed E-state index contributed by atoms with van der Waals surface area (Å²) in [4.78, 5) is 23.5. The van der Waals surface area contributed by atoms with Crippen molar-refractivity contribution in [2.24, 2.45) is 37.2 Å². The van der Waals surface area contributed by atoms with E-state index in [2.05, 4.69) is 70.8 Å². The number of pyridine rings is 1. The van der Waals surface area contributed by atoms with Crippen molar-refractivity contribution in [1.29, 1.82) is 0 Å². The van der Waals surface area contributed by atoms with Gasteiger partial charge in [-0.15, -0.1) is 0 Å². The highest BCUT2D eigenvalue weighted by atomic mass is 16.5. The van der Waals surface area contributed by atoms with Gasteiger partial charge in [0.15, 0.2) is 11.8 Å². The quantitative estimate of drug-likeness (QED) is 0.265. The average molecular weight is 636 g/mol. The summed E-state index contributed by atoms with van der Waals surface area (Å²) in [5, 5.41) is 0. The van der Waals surface area contributed by atoms with Crippen molar-refractivity contribution < 1.29 is 18.9 Å². The Morgan fingerprint density at radius 3 is 1.34 bits per heavy atom. The van der Waals surface area contributed by atoms with Crippen LogP contribution in [-0.2, 0) is 18.9 Å². The molecule has 2 aromatic carbocycles. The molecule has 0 saturated carbocycles. The van der Waals surface area contributed by atoms with Gasteiger partial charge in [-0.25, -0.2) is 25.0 Å². The Morgan fingerprint density at radius 1 is 0.532 bits per heavy atom. The second-order valence-electron chi connectivity index (χ2n) is 13.5. The lowest BCUT2D eigenvalue weighted by molar-refractivity contribution is 0.249. The molecule has 47 heavy (non-hydrogen) atoms. The molecule has 0 spiro atoms. The molecule has 0 bridgehead atoms. The second-order valence-corrected chi connectivity index (χ2v) is 13.5. The molecule has 0 radical (unpaired) electrons. The maximum Gasteiger partial charge on any atom is 0.236 e. The number of hydrogen-bond acceptors (Lipinski definition) is 9. The van der Waals surface area contributed by atoms with E-state index in [1.54, 1.807) is 0 Å². The Hall–Kier alpha value is -4.53. The van der Waals surface area contributed by atoms with E-state index >= 15 is 0 Å². The zero-order valence-corrected chi connectivity index (χ0v) is 28.2. The van der Waals surface area contributed by atoms with Crippen molar-refractivity contribution >= 4 is 23.6 Å². The lowest BCUT2D eigenvalue weighted by Crippen LogP contribution is -2.34. The molecule has 0 saturated heterocycles. The average Bonchev–Trinajstić information content (AvgIpc) is 3.93. The van der Waals surface area contributed by atoms with Crippen molar-refractivity contribution in [2.45, 2.75) is 65.7 Å². The summed E-state index contributed by atoms with van der Waals surface area (Å²) < 4.78 is 23.2. The number of hydrogen-bond donors (Lipinski definition) is 0. The highest BCUT2D eigenvalue weighted by Crippen LogP contribution is 2.31. The Kier molecular flexibility index (Phi) is 9.71. The minimum absolute atomic E-state index is 0.00388. The summed E-state index contributed by atoms with van der Waals surface area (Å²) in [5.41, 5.74) is 3.33. The minimum atomic E-state index is -0.354. The largest absolute Gasteiger partial charge is 0.478 e. The van der Waals surface area contributed by atoms with Gasteiger partial charge < -0.3 is 18.9 Å². The van der Waals surface area contributed by atoms with E-state index in [0.29, 0.717) is 61.4 Å². The van der Waals surface area contributed by atoms with E-state index in [-0.39, 0.29) is 29.6 Å². The van der Waals surface area contributed by atoms with Crippen LogP contribution in [0.25, 0.3) is 0 Å². The van der Waals surface area contributed by atoms with Crippen LogP contribution in [0.1, 0.15) is 76.1 Å². The lowest BCUT2D eigenvalue weighted by Gasteiger charge is -2.22. The Morgan fingerprint density at radius 2 is 0.957 bits per heavy atom. The van der Waals surface area contributed by atoms with Gasteiger partial charge in [0.05, 0.1) is 12.1 Å². The zero-order chi connectivity index (χ0) is 33.0. The lowest BCUT2D eigenvalue weighted by atomic mass is 9.92. The summed E-state index contributed by atoms with van der Waals surface area (Å²) >= 11 is 0. The van der Waals surface area contributed by atoms with Gasteiger partial charge in [0.25, 0.3) is 0 Å². The summed E-state index contributed by atoms with van der Waals surface area (Å²) in [7, 11) is 0. The van der Waals surface area contributed by atoms with E-state index in [1.165, 1.54) is 0 Å². The number of nitrogens with zero attached hydrogens (tertiary/aromatic N) is 5. The summed E-state index contributed by atoms with van der Waals surface area (Å²) in [6.45, 7) is 15.3. The first kappa shape index (κ1) is 32.4. The van der Waals surface area contributed by atoms with Gasteiger partial charge in [-0.2, -0.15) is 0 Å². The van der Waals surface area contributed by atoms with Crippen LogP contribution in [0.5, 0.6) is 0 Å². The van der Waals surface area contributed by atoms with Gasteiger partial charge in [0.2, 0.25) is 11.8 Å². The fraction of sp³-hybridized carbons (Fsp3) is 0.447. The van der Waals surface area contributed by atoms with Gasteiger partial charge in [0.1, 0.15) is 55.3 Å². The highest BCUT2D eigenvalue weighted by molar-refractivity contribution is 6.05. The Balaban J connectivity index is 0.000000178. The molecule has 4 aliphatic heterocycles. The molecular weight excluding hydrogens is 590 g/mol. The maximum absolute atomic E-state index is 5.82. The number of rotatable bonds is 8. The Bertz CT molecular complexity index is 1530. The second kappa shape index (κ2) is 14.1. The minimum Gasteiger partial charge on any atom is -0.478 e. The van der Waals surface area contributed by atoms with E-state index in [9.17, 15) is 0 Å². The van der Waals surface area contributed by atoms with Gasteiger partial charge in [-0.3, -0.25) is 0 Å². The van der Waals surface area contributed by atoms with Gasteiger partial charge in [-0.05, 0) is 48.9 Å². The zero-order valence-electron chi connectivity index (χ0n) is 28.2.